The third-order valence-electron chi connectivity index (χ3n) is 5.71. The van der Waals surface area contributed by atoms with Crippen LogP contribution in [0.25, 0.3) is 16.3 Å². The summed E-state index contributed by atoms with van der Waals surface area (Å²) in [6.45, 7) is 1.74. The fourth-order valence-corrected chi connectivity index (χ4v) is 4.65. The molecule has 0 bridgehead atoms. The Balaban J connectivity index is 1.45. The number of ether oxygens (including phenoxy) is 5. The van der Waals surface area contributed by atoms with E-state index in [1.165, 1.54) is 45.9 Å². The summed E-state index contributed by atoms with van der Waals surface area (Å²) in [5.41, 5.74) is 2.97. The maximum atomic E-state index is 12.9. The first-order valence-electron chi connectivity index (χ1n) is 11.9. The fraction of sp³-hybridized carbons (Fsp3) is 0.207. The van der Waals surface area contributed by atoms with Crippen molar-refractivity contribution in [2.75, 3.05) is 40.4 Å². The maximum Gasteiger partial charge on any atom is 0.264 e. The predicted octanol–water partition coefficient (Wildman–Crippen LogP) is 5.55. The van der Waals surface area contributed by atoms with E-state index in [0.29, 0.717) is 45.0 Å². The molecule has 1 amide bonds. The van der Waals surface area contributed by atoms with Crippen molar-refractivity contribution in [1.29, 1.82) is 0 Å². The zero-order chi connectivity index (χ0) is 27.9. The molecule has 0 fully saturated rings. The Morgan fingerprint density at radius 3 is 2.26 bits per heavy atom. The topological polar surface area (TPSA) is 105 Å². The number of thiazole rings is 1. The number of aromatic nitrogens is 1. The van der Waals surface area contributed by atoms with Gasteiger partial charge in [-0.3, -0.25) is 14.9 Å². The number of anilines is 1. The highest BCUT2D eigenvalue weighted by Gasteiger charge is 2.16. The van der Waals surface area contributed by atoms with Gasteiger partial charge in [0.1, 0.15) is 0 Å². The molecule has 0 saturated heterocycles. The van der Waals surface area contributed by atoms with Gasteiger partial charge in [-0.2, -0.15) is 0 Å². The molecule has 202 valence electrons. The molecule has 39 heavy (non-hydrogen) atoms. The Bertz CT molecular complexity index is 1520. The number of fused-ring (bicyclic) bond motifs is 1. The average Bonchev–Trinajstić information content (AvgIpc) is 3.34. The first-order chi connectivity index (χ1) is 18.8. The van der Waals surface area contributed by atoms with E-state index in [2.05, 4.69) is 10.3 Å². The summed E-state index contributed by atoms with van der Waals surface area (Å²) in [6, 6.07) is 14.3. The Labute approximate surface area is 229 Å². The van der Waals surface area contributed by atoms with Crippen molar-refractivity contribution in [2.24, 2.45) is 0 Å². The summed E-state index contributed by atoms with van der Waals surface area (Å²) < 4.78 is 28.1. The number of benzene rings is 3. The van der Waals surface area contributed by atoms with Crippen LogP contribution < -0.4 is 29.0 Å². The van der Waals surface area contributed by atoms with Gasteiger partial charge in [-0.1, -0.05) is 29.5 Å². The van der Waals surface area contributed by atoms with Gasteiger partial charge in [-0.05, 0) is 60.5 Å². The third-order valence-corrected chi connectivity index (χ3v) is 6.66. The molecule has 0 radical (unpaired) electrons. The number of amides is 1. The highest BCUT2D eigenvalue weighted by Crippen LogP contribution is 2.38. The van der Waals surface area contributed by atoms with Gasteiger partial charge >= 0.3 is 0 Å². The van der Waals surface area contributed by atoms with Gasteiger partial charge in [0.05, 0.1) is 38.7 Å². The molecule has 1 aromatic heterocycles. The van der Waals surface area contributed by atoms with Gasteiger partial charge in [-0.15, -0.1) is 0 Å². The number of allylic oxidation sites excluding steroid dienone is 1. The van der Waals surface area contributed by atoms with Crippen molar-refractivity contribution in [3.05, 3.63) is 71.3 Å². The molecule has 0 aliphatic carbocycles. The van der Waals surface area contributed by atoms with Gasteiger partial charge in [0.15, 0.2) is 40.5 Å². The van der Waals surface area contributed by atoms with E-state index in [1.54, 1.807) is 36.4 Å². The highest BCUT2D eigenvalue weighted by molar-refractivity contribution is 7.22. The van der Waals surface area contributed by atoms with Crippen LogP contribution in [0.15, 0.2) is 54.6 Å². The molecule has 0 atom stereocenters. The van der Waals surface area contributed by atoms with Crippen LogP contribution in [-0.4, -0.2) is 51.7 Å². The molecule has 9 nitrogen and oxygen atoms in total. The second kappa shape index (κ2) is 12.3. The van der Waals surface area contributed by atoms with E-state index in [4.69, 9.17) is 23.7 Å². The lowest BCUT2D eigenvalue weighted by molar-refractivity contribution is -0.118. The number of nitrogens with zero attached hydrogens (tertiary/aromatic N) is 1. The smallest absolute Gasteiger partial charge is 0.264 e. The lowest BCUT2D eigenvalue weighted by Crippen LogP contribution is -2.20. The zero-order valence-corrected chi connectivity index (χ0v) is 23.0. The summed E-state index contributed by atoms with van der Waals surface area (Å²) in [7, 11) is 5.98. The summed E-state index contributed by atoms with van der Waals surface area (Å²) in [5, 5.41) is 3.27. The molecule has 0 aliphatic rings. The van der Waals surface area contributed by atoms with E-state index in [0.717, 1.165) is 15.8 Å². The fourth-order valence-electron chi connectivity index (χ4n) is 3.79. The number of nitrogens with one attached hydrogen (secondary N) is 1. The van der Waals surface area contributed by atoms with E-state index >= 15 is 0 Å². The van der Waals surface area contributed by atoms with Gasteiger partial charge in [0.2, 0.25) is 5.75 Å². The van der Waals surface area contributed by atoms with Gasteiger partial charge in [0, 0.05) is 5.56 Å². The standard InChI is InChI=1S/C29H28N2O7S/c1-17-6-11-26-20(12-17)30-29(39-26)31-27(33)16-38-23-13-18(8-10-22(23)34-2)7-9-21(32)19-14-24(35-3)28(37-5)25(15-19)36-4/h6-15H,16H2,1-5H3,(H,30,31,33)/b9-7+. The Morgan fingerprint density at radius 1 is 0.872 bits per heavy atom. The Hall–Kier alpha value is -4.57. The van der Waals surface area contributed by atoms with E-state index in [9.17, 15) is 9.59 Å². The molecular formula is C29H28N2O7S. The van der Waals surface area contributed by atoms with Crippen LogP contribution in [0.3, 0.4) is 0 Å². The van der Waals surface area contributed by atoms with Crippen molar-refractivity contribution >= 4 is 44.5 Å². The number of rotatable bonds is 11. The molecule has 10 heteroatoms. The van der Waals surface area contributed by atoms with Crippen molar-refractivity contribution < 1.29 is 33.3 Å². The summed E-state index contributed by atoms with van der Waals surface area (Å²) in [6.07, 6.45) is 3.06. The molecule has 0 aliphatic heterocycles. The number of hydrogen-bond acceptors (Lipinski definition) is 9. The number of aryl methyl sites for hydroxylation is 1. The minimum atomic E-state index is -0.355. The van der Waals surface area contributed by atoms with Crippen LogP contribution in [0.2, 0.25) is 0 Å². The minimum absolute atomic E-state index is 0.247. The van der Waals surface area contributed by atoms with Gasteiger partial charge in [-0.25, -0.2) is 4.98 Å². The lowest BCUT2D eigenvalue weighted by atomic mass is 10.1. The molecule has 3 aromatic carbocycles. The number of ketones is 1. The van der Waals surface area contributed by atoms with Crippen LogP contribution in [0.1, 0.15) is 21.5 Å². The largest absolute Gasteiger partial charge is 0.493 e. The SMILES string of the molecule is COc1ccc(/C=C/C(=O)c2cc(OC)c(OC)c(OC)c2)cc1OCC(=O)Nc1nc2cc(C)ccc2s1. The second-order valence-electron chi connectivity index (χ2n) is 8.35. The van der Waals surface area contributed by atoms with E-state index < -0.39 is 0 Å². The van der Waals surface area contributed by atoms with Gasteiger partial charge in [0.25, 0.3) is 5.91 Å². The van der Waals surface area contributed by atoms with Crippen LogP contribution in [-0.2, 0) is 4.79 Å². The van der Waals surface area contributed by atoms with Crippen LogP contribution in [0.4, 0.5) is 5.13 Å². The molecular weight excluding hydrogens is 520 g/mol. The quantitative estimate of drug-likeness (QED) is 0.192. The molecule has 0 spiro atoms. The first-order valence-corrected chi connectivity index (χ1v) is 12.7. The molecule has 0 saturated carbocycles. The minimum Gasteiger partial charge on any atom is -0.493 e. The number of carbonyl (C=O) groups is 2. The monoisotopic (exact) mass is 548 g/mol. The lowest BCUT2D eigenvalue weighted by Gasteiger charge is -2.13. The van der Waals surface area contributed by atoms with Crippen molar-refractivity contribution in [2.45, 2.75) is 6.92 Å². The van der Waals surface area contributed by atoms with Crippen molar-refractivity contribution in [1.82, 2.24) is 4.98 Å². The summed E-state index contributed by atoms with van der Waals surface area (Å²) in [5.74, 6) is 1.35. The van der Waals surface area contributed by atoms with E-state index in [-0.39, 0.29) is 18.3 Å². The first kappa shape index (κ1) is 27.5. The third kappa shape index (κ3) is 6.47. The average molecular weight is 549 g/mol. The molecule has 1 heterocycles. The highest BCUT2D eigenvalue weighted by atomic mass is 32.1. The summed E-state index contributed by atoms with van der Waals surface area (Å²) >= 11 is 1.39. The van der Waals surface area contributed by atoms with E-state index in [1.807, 2.05) is 25.1 Å². The van der Waals surface area contributed by atoms with Crippen LogP contribution >= 0.6 is 11.3 Å². The number of methoxy groups -OCH3 is 4. The summed E-state index contributed by atoms with van der Waals surface area (Å²) in [4.78, 5) is 29.9. The molecule has 4 aromatic rings. The number of hydrogen-bond donors (Lipinski definition) is 1. The Morgan fingerprint density at radius 2 is 1.59 bits per heavy atom. The Kier molecular flexibility index (Phi) is 8.67. The predicted molar refractivity (Wildman–Crippen MR) is 151 cm³/mol. The normalized spacial score (nSPS) is 10.9. The zero-order valence-electron chi connectivity index (χ0n) is 22.2. The molecule has 1 N–H and O–H groups in total. The molecule has 4 rings (SSSR count). The maximum absolute atomic E-state index is 12.9. The molecule has 0 unspecified atom stereocenters. The second-order valence-corrected chi connectivity index (χ2v) is 9.38. The van der Waals surface area contributed by atoms with Crippen LogP contribution in [0.5, 0.6) is 28.7 Å². The van der Waals surface area contributed by atoms with Crippen molar-refractivity contribution in [3.63, 3.8) is 0 Å². The van der Waals surface area contributed by atoms with Crippen molar-refractivity contribution in [3.8, 4) is 28.7 Å². The van der Waals surface area contributed by atoms with Gasteiger partial charge < -0.3 is 23.7 Å². The van der Waals surface area contributed by atoms with Crippen LogP contribution in [0, 0.1) is 6.92 Å². The number of carbonyl (C=O) groups excluding carboxylic acids is 2.